The van der Waals surface area contributed by atoms with Crippen molar-refractivity contribution in [1.29, 1.82) is 0 Å². The Morgan fingerprint density at radius 3 is 1.62 bits per heavy atom. The predicted molar refractivity (Wildman–Crippen MR) is 74.3 cm³/mol. The van der Waals surface area contributed by atoms with Crippen LogP contribution in [0.1, 0.15) is 20.8 Å². The summed E-state index contributed by atoms with van der Waals surface area (Å²) in [6.07, 6.45) is -6.62. The number of methoxy groups -OCH3 is 2. The van der Waals surface area contributed by atoms with E-state index in [1.54, 1.807) is 0 Å². The minimum absolute atomic E-state index is 0.708. The van der Waals surface area contributed by atoms with E-state index in [0.29, 0.717) is 0 Å². The van der Waals surface area contributed by atoms with Crippen LogP contribution in [0.5, 0.6) is 0 Å². The van der Waals surface area contributed by atoms with Gasteiger partial charge in [-0.05, 0) is 0 Å². The summed E-state index contributed by atoms with van der Waals surface area (Å²) < 4.78 is 30.3. The molecule has 24 heavy (non-hydrogen) atoms. The number of ether oxygens (including phenoxy) is 6. The van der Waals surface area contributed by atoms with Crippen molar-refractivity contribution < 1.29 is 47.6 Å². The number of hydrogen-bond donors (Lipinski definition) is 0. The lowest BCUT2D eigenvalue weighted by Crippen LogP contribution is -2.63. The Bertz CT molecular complexity index is 502. The molecule has 1 saturated heterocycles. The summed E-state index contributed by atoms with van der Waals surface area (Å²) in [7, 11) is 2.35. The van der Waals surface area contributed by atoms with Gasteiger partial charge in [-0.3, -0.25) is 14.4 Å². The summed E-state index contributed by atoms with van der Waals surface area (Å²) >= 11 is 0. The molecule has 0 radical (unpaired) electrons. The van der Waals surface area contributed by atoms with Gasteiger partial charge < -0.3 is 28.4 Å². The predicted octanol–water partition coefficient (Wildman–Crippen LogP) is -0.674. The molecule has 0 N–H and O–H groups in total. The second kappa shape index (κ2) is 8.60. The van der Waals surface area contributed by atoms with Crippen molar-refractivity contribution in [2.75, 3.05) is 14.2 Å². The summed E-state index contributed by atoms with van der Waals surface area (Å²) in [6, 6.07) is 0. The topological polar surface area (TPSA) is 124 Å². The highest BCUT2D eigenvalue weighted by Gasteiger charge is 2.54. The standard InChI is InChI=1S/C14H20O10/c1-6(15)21-9-10(22-7(2)16)12(23-8(3)17)14(20-5)24-11(9)13(18)19-4/h9-12,14H,1-5H3/t9-,10+,11-,12+,14+/m0/s1. The van der Waals surface area contributed by atoms with E-state index in [0.717, 1.165) is 27.9 Å². The molecule has 0 amide bonds. The van der Waals surface area contributed by atoms with Crippen LogP contribution in [0.15, 0.2) is 0 Å². The van der Waals surface area contributed by atoms with Gasteiger partial charge in [-0.15, -0.1) is 0 Å². The van der Waals surface area contributed by atoms with Gasteiger partial charge in [-0.2, -0.15) is 0 Å². The van der Waals surface area contributed by atoms with E-state index in [4.69, 9.17) is 23.7 Å². The van der Waals surface area contributed by atoms with E-state index in [1.165, 1.54) is 7.11 Å². The van der Waals surface area contributed by atoms with E-state index in [1.807, 2.05) is 0 Å². The summed E-state index contributed by atoms with van der Waals surface area (Å²) in [5.41, 5.74) is 0. The van der Waals surface area contributed by atoms with Crippen molar-refractivity contribution in [3.63, 3.8) is 0 Å². The first-order chi connectivity index (χ1) is 11.2. The van der Waals surface area contributed by atoms with Gasteiger partial charge in [-0.25, -0.2) is 4.79 Å². The molecule has 0 aromatic heterocycles. The quantitative estimate of drug-likeness (QED) is 0.466. The number of rotatable bonds is 5. The smallest absolute Gasteiger partial charge is 0.339 e. The van der Waals surface area contributed by atoms with Gasteiger partial charge >= 0.3 is 23.9 Å². The highest BCUT2D eigenvalue weighted by Crippen LogP contribution is 2.29. The van der Waals surface area contributed by atoms with Crippen LogP contribution in [0.4, 0.5) is 0 Å². The Labute approximate surface area is 138 Å². The lowest BCUT2D eigenvalue weighted by atomic mass is 9.97. The molecule has 1 heterocycles. The van der Waals surface area contributed by atoms with E-state index in [2.05, 4.69) is 4.74 Å². The third-order valence-corrected chi connectivity index (χ3v) is 3.07. The highest BCUT2D eigenvalue weighted by atomic mass is 16.7. The molecule has 0 aromatic carbocycles. The van der Waals surface area contributed by atoms with Crippen LogP contribution < -0.4 is 0 Å². The van der Waals surface area contributed by atoms with Gasteiger partial charge in [0.15, 0.2) is 30.7 Å². The van der Waals surface area contributed by atoms with Crippen LogP contribution in [0, 0.1) is 0 Å². The number of carbonyl (C=O) groups excluding carboxylic acids is 4. The maximum Gasteiger partial charge on any atom is 0.339 e. The maximum atomic E-state index is 11.9. The van der Waals surface area contributed by atoms with Gasteiger partial charge in [0.05, 0.1) is 7.11 Å². The summed E-state index contributed by atoms with van der Waals surface area (Å²) in [5, 5.41) is 0. The van der Waals surface area contributed by atoms with E-state index in [-0.39, 0.29) is 0 Å². The zero-order valence-corrected chi connectivity index (χ0v) is 14.0. The summed E-state index contributed by atoms with van der Waals surface area (Å²) in [6.45, 7) is 3.34. The zero-order chi connectivity index (χ0) is 18.4. The molecule has 0 bridgehead atoms. The second-order valence-corrected chi connectivity index (χ2v) is 4.91. The molecule has 1 aliphatic heterocycles. The normalized spacial score (nSPS) is 29.3. The molecular formula is C14H20O10. The molecule has 5 atom stereocenters. The second-order valence-electron chi connectivity index (χ2n) is 4.91. The van der Waals surface area contributed by atoms with Gasteiger partial charge in [0.2, 0.25) is 0 Å². The average Bonchev–Trinajstić information content (AvgIpc) is 2.48. The van der Waals surface area contributed by atoms with Crippen LogP contribution >= 0.6 is 0 Å². The Hall–Kier alpha value is -2.20. The van der Waals surface area contributed by atoms with Crippen LogP contribution in [-0.2, 0) is 47.6 Å². The molecule has 10 heteroatoms. The Balaban J connectivity index is 3.28. The Morgan fingerprint density at radius 2 is 1.21 bits per heavy atom. The number of carbonyl (C=O) groups is 4. The molecule has 136 valence electrons. The Morgan fingerprint density at radius 1 is 0.750 bits per heavy atom. The minimum atomic E-state index is -1.43. The molecule has 0 unspecified atom stereocenters. The molecule has 0 aromatic rings. The minimum Gasteiger partial charge on any atom is -0.467 e. The Kier molecular flexibility index (Phi) is 7.11. The number of esters is 4. The molecule has 1 aliphatic rings. The summed E-state index contributed by atoms with van der Waals surface area (Å²) in [5.74, 6) is -3.08. The van der Waals surface area contributed by atoms with Crippen LogP contribution in [-0.4, -0.2) is 68.8 Å². The van der Waals surface area contributed by atoms with Crippen LogP contribution in [0.3, 0.4) is 0 Å². The van der Waals surface area contributed by atoms with Crippen molar-refractivity contribution in [1.82, 2.24) is 0 Å². The van der Waals surface area contributed by atoms with Crippen molar-refractivity contribution in [3.05, 3.63) is 0 Å². The third kappa shape index (κ3) is 4.90. The van der Waals surface area contributed by atoms with E-state index >= 15 is 0 Å². The first-order valence-corrected chi connectivity index (χ1v) is 6.99. The monoisotopic (exact) mass is 348 g/mol. The summed E-state index contributed by atoms with van der Waals surface area (Å²) in [4.78, 5) is 46.1. The zero-order valence-electron chi connectivity index (χ0n) is 14.0. The molecule has 0 aliphatic carbocycles. The average molecular weight is 348 g/mol. The molecule has 10 nitrogen and oxygen atoms in total. The first-order valence-electron chi connectivity index (χ1n) is 6.99. The fourth-order valence-corrected chi connectivity index (χ4v) is 2.27. The molecule has 1 rings (SSSR count). The van der Waals surface area contributed by atoms with Crippen molar-refractivity contribution >= 4 is 23.9 Å². The fraction of sp³-hybridized carbons (Fsp3) is 0.714. The van der Waals surface area contributed by atoms with E-state index in [9.17, 15) is 19.2 Å². The lowest BCUT2D eigenvalue weighted by Gasteiger charge is -2.42. The fourth-order valence-electron chi connectivity index (χ4n) is 2.27. The third-order valence-electron chi connectivity index (χ3n) is 3.07. The number of hydrogen-bond acceptors (Lipinski definition) is 10. The van der Waals surface area contributed by atoms with Crippen LogP contribution in [0.25, 0.3) is 0 Å². The molecular weight excluding hydrogens is 328 g/mol. The van der Waals surface area contributed by atoms with Crippen molar-refractivity contribution in [2.24, 2.45) is 0 Å². The van der Waals surface area contributed by atoms with Crippen molar-refractivity contribution in [2.45, 2.75) is 51.5 Å². The van der Waals surface area contributed by atoms with Crippen LogP contribution in [0.2, 0.25) is 0 Å². The first kappa shape index (κ1) is 19.8. The largest absolute Gasteiger partial charge is 0.467 e. The highest BCUT2D eigenvalue weighted by molar-refractivity contribution is 5.77. The maximum absolute atomic E-state index is 11.9. The molecule has 1 fully saturated rings. The van der Waals surface area contributed by atoms with Gasteiger partial charge in [-0.1, -0.05) is 0 Å². The molecule has 0 spiro atoms. The van der Waals surface area contributed by atoms with E-state index < -0.39 is 54.6 Å². The molecule has 0 saturated carbocycles. The lowest BCUT2D eigenvalue weighted by molar-refractivity contribution is -0.296. The van der Waals surface area contributed by atoms with Gasteiger partial charge in [0.1, 0.15) is 0 Å². The SMILES string of the molecule is COC(=O)[C@H]1O[C@@H](OC)[C@H](OC(C)=O)[C@H](OC(C)=O)[C@@H]1OC(C)=O. The van der Waals surface area contributed by atoms with Crippen molar-refractivity contribution in [3.8, 4) is 0 Å². The van der Waals surface area contributed by atoms with Gasteiger partial charge in [0, 0.05) is 27.9 Å². The van der Waals surface area contributed by atoms with Gasteiger partial charge in [0.25, 0.3) is 0 Å².